The van der Waals surface area contributed by atoms with Crippen LogP contribution in [0, 0.1) is 11.8 Å². The van der Waals surface area contributed by atoms with E-state index in [1.54, 1.807) is 28.4 Å². The Labute approximate surface area is 189 Å². The van der Waals surface area contributed by atoms with E-state index >= 15 is 0 Å². The van der Waals surface area contributed by atoms with Crippen molar-refractivity contribution in [2.75, 3.05) is 35.5 Å². The molecule has 174 valence electrons. The van der Waals surface area contributed by atoms with Gasteiger partial charge in [0.2, 0.25) is 11.5 Å². The van der Waals surface area contributed by atoms with Gasteiger partial charge in [-0.2, -0.15) is 0 Å². The first-order chi connectivity index (χ1) is 15.3. The molecule has 0 fully saturated rings. The standard InChI is InChI=1S/C25H32O7/c1-13-9-16-11-18(27-4)22(29-6)24(31-8)20(16)21-17(10-14(13)2)12-19(28-5)23(30-7)25(21)32-15(3)26/h11-14H,9-10H2,1-8H3. The fraction of sp³-hybridized carbons (Fsp3) is 0.480. The average molecular weight is 445 g/mol. The second-order valence-electron chi connectivity index (χ2n) is 8.11. The second kappa shape index (κ2) is 9.59. The molecule has 0 spiro atoms. The fourth-order valence-corrected chi connectivity index (χ4v) is 4.43. The van der Waals surface area contributed by atoms with Gasteiger partial charge in [0.25, 0.3) is 0 Å². The van der Waals surface area contributed by atoms with E-state index in [9.17, 15) is 4.79 Å². The van der Waals surface area contributed by atoms with Crippen LogP contribution in [-0.4, -0.2) is 41.5 Å². The number of rotatable bonds is 6. The Balaban J connectivity index is 2.54. The van der Waals surface area contributed by atoms with Crippen LogP contribution in [0.1, 0.15) is 31.9 Å². The van der Waals surface area contributed by atoms with E-state index in [-0.39, 0.29) is 0 Å². The van der Waals surface area contributed by atoms with Crippen molar-refractivity contribution in [3.63, 3.8) is 0 Å². The quantitative estimate of drug-likeness (QED) is 0.473. The zero-order valence-corrected chi connectivity index (χ0v) is 20.1. The third-order valence-electron chi connectivity index (χ3n) is 6.17. The van der Waals surface area contributed by atoms with Gasteiger partial charge in [-0.3, -0.25) is 4.79 Å². The molecule has 1 aliphatic rings. The monoisotopic (exact) mass is 444 g/mol. The van der Waals surface area contributed by atoms with Crippen molar-refractivity contribution in [2.24, 2.45) is 11.8 Å². The van der Waals surface area contributed by atoms with E-state index in [1.165, 1.54) is 14.0 Å². The number of carbonyl (C=O) groups excluding carboxylic acids is 1. The molecule has 2 unspecified atom stereocenters. The van der Waals surface area contributed by atoms with Gasteiger partial charge in [0.1, 0.15) is 0 Å². The Morgan fingerprint density at radius 2 is 1.09 bits per heavy atom. The highest BCUT2D eigenvalue weighted by atomic mass is 16.6. The van der Waals surface area contributed by atoms with Crippen molar-refractivity contribution in [3.05, 3.63) is 23.3 Å². The summed E-state index contributed by atoms with van der Waals surface area (Å²) in [4.78, 5) is 12.1. The summed E-state index contributed by atoms with van der Waals surface area (Å²) in [5.41, 5.74) is 3.53. The van der Waals surface area contributed by atoms with E-state index in [0.29, 0.717) is 46.3 Å². The molecule has 0 amide bonds. The van der Waals surface area contributed by atoms with Gasteiger partial charge in [-0.25, -0.2) is 0 Å². The smallest absolute Gasteiger partial charge is 0.308 e. The molecule has 2 aromatic rings. The third-order valence-corrected chi connectivity index (χ3v) is 6.17. The van der Waals surface area contributed by atoms with Gasteiger partial charge in [0.15, 0.2) is 23.0 Å². The summed E-state index contributed by atoms with van der Waals surface area (Å²) in [6.07, 6.45) is 1.56. The predicted octanol–water partition coefficient (Wildman–Crippen LogP) is 4.69. The van der Waals surface area contributed by atoms with Crippen molar-refractivity contribution in [1.82, 2.24) is 0 Å². The summed E-state index contributed by atoms with van der Waals surface area (Å²) in [6.45, 7) is 5.82. The third kappa shape index (κ3) is 4.04. The molecule has 0 heterocycles. The maximum absolute atomic E-state index is 12.1. The Kier molecular flexibility index (Phi) is 7.06. The summed E-state index contributed by atoms with van der Waals surface area (Å²) in [6, 6.07) is 3.93. The number of methoxy groups -OCH3 is 5. The van der Waals surface area contributed by atoms with Crippen LogP contribution in [0.2, 0.25) is 0 Å². The molecule has 7 nitrogen and oxygen atoms in total. The summed E-state index contributed by atoms with van der Waals surface area (Å²) in [5.74, 6) is 3.04. The average Bonchev–Trinajstić information content (AvgIpc) is 2.76. The lowest BCUT2D eigenvalue weighted by Crippen LogP contribution is -2.19. The highest BCUT2D eigenvalue weighted by Gasteiger charge is 2.33. The molecule has 0 aromatic heterocycles. The number of hydrogen-bond acceptors (Lipinski definition) is 7. The summed E-state index contributed by atoms with van der Waals surface area (Å²) < 4.78 is 34.1. The predicted molar refractivity (Wildman–Crippen MR) is 122 cm³/mol. The molecule has 0 saturated heterocycles. The SMILES string of the molecule is COc1cc2c(c(OC)c1OC)-c1c(cc(OC)c(OC)c1OC(C)=O)CC(C)C(C)C2. The van der Waals surface area contributed by atoms with Crippen molar-refractivity contribution >= 4 is 5.97 Å². The largest absolute Gasteiger partial charge is 0.493 e. The zero-order chi connectivity index (χ0) is 23.6. The minimum Gasteiger partial charge on any atom is -0.493 e. The van der Waals surface area contributed by atoms with Gasteiger partial charge >= 0.3 is 5.97 Å². The molecule has 0 radical (unpaired) electrons. The molecule has 0 aliphatic heterocycles. The minimum atomic E-state index is -0.455. The van der Waals surface area contributed by atoms with Crippen LogP contribution >= 0.6 is 0 Å². The van der Waals surface area contributed by atoms with Crippen molar-refractivity contribution in [1.29, 1.82) is 0 Å². The molecule has 2 atom stereocenters. The zero-order valence-electron chi connectivity index (χ0n) is 20.1. The molecule has 0 saturated carbocycles. The van der Waals surface area contributed by atoms with E-state index in [4.69, 9.17) is 28.4 Å². The lowest BCUT2D eigenvalue weighted by atomic mass is 9.77. The van der Waals surface area contributed by atoms with Crippen molar-refractivity contribution in [2.45, 2.75) is 33.6 Å². The number of fused-ring (bicyclic) bond motifs is 3. The molecular weight excluding hydrogens is 412 g/mol. The Morgan fingerprint density at radius 3 is 1.47 bits per heavy atom. The normalized spacial score (nSPS) is 17.2. The first kappa shape index (κ1) is 23.6. The van der Waals surface area contributed by atoms with Crippen LogP contribution in [-0.2, 0) is 17.6 Å². The number of ether oxygens (including phenoxy) is 6. The van der Waals surface area contributed by atoms with E-state index < -0.39 is 5.97 Å². The van der Waals surface area contributed by atoms with Crippen LogP contribution in [0.25, 0.3) is 11.1 Å². The van der Waals surface area contributed by atoms with E-state index in [2.05, 4.69) is 13.8 Å². The number of benzene rings is 2. The van der Waals surface area contributed by atoms with Gasteiger partial charge in [-0.15, -0.1) is 0 Å². The van der Waals surface area contributed by atoms with Crippen LogP contribution in [0.4, 0.5) is 0 Å². The van der Waals surface area contributed by atoms with Gasteiger partial charge in [-0.1, -0.05) is 13.8 Å². The lowest BCUT2D eigenvalue weighted by molar-refractivity contribution is -0.131. The minimum absolute atomic E-state index is 0.308. The number of carbonyl (C=O) groups is 1. The van der Waals surface area contributed by atoms with E-state index in [0.717, 1.165) is 35.1 Å². The summed E-state index contributed by atoms with van der Waals surface area (Å²) in [7, 11) is 7.86. The van der Waals surface area contributed by atoms with Gasteiger partial charge in [-0.05, 0) is 47.9 Å². The Hall–Kier alpha value is -3.09. The maximum atomic E-state index is 12.1. The molecule has 3 rings (SSSR count). The molecule has 0 bridgehead atoms. The first-order valence-electron chi connectivity index (χ1n) is 10.6. The fourth-order valence-electron chi connectivity index (χ4n) is 4.43. The first-order valence-corrected chi connectivity index (χ1v) is 10.6. The Bertz CT molecular complexity index is 1010. The molecule has 32 heavy (non-hydrogen) atoms. The Morgan fingerprint density at radius 1 is 0.688 bits per heavy atom. The summed E-state index contributed by atoms with van der Waals surface area (Å²) >= 11 is 0. The number of esters is 1. The molecule has 0 N–H and O–H groups in total. The van der Waals surface area contributed by atoms with Gasteiger partial charge < -0.3 is 28.4 Å². The van der Waals surface area contributed by atoms with Crippen LogP contribution in [0.3, 0.4) is 0 Å². The van der Waals surface area contributed by atoms with Gasteiger partial charge in [0.05, 0.1) is 35.5 Å². The number of hydrogen-bond donors (Lipinski definition) is 0. The van der Waals surface area contributed by atoms with Gasteiger partial charge in [0, 0.05) is 18.1 Å². The topological polar surface area (TPSA) is 72.5 Å². The highest BCUT2D eigenvalue weighted by molar-refractivity contribution is 5.90. The van der Waals surface area contributed by atoms with Crippen molar-refractivity contribution in [3.8, 4) is 45.6 Å². The summed E-state index contributed by atoms with van der Waals surface area (Å²) in [5, 5.41) is 0. The molecule has 1 aliphatic carbocycles. The van der Waals surface area contributed by atoms with Crippen LogP contribution < -0.4 is 28.4 Å². The lowest BCUT2D eigenvalue weighted by Gasteiger charge is -2.30. The van der Waals surface area contributed by atoms with Crippen LogP contribution in [0.5, 0.6) is 34.5 Å². The van der Waals surface area contributed by atoms with Crippen molar-refractivity contribution < 1.29 is 33.2 Å². The van der Waals surface area contributed by atoms with E-state index in [1.807, 2.05) is 12.1 Å². The van der Waals surface area contributed by atoms with Crippen LogP contribution in [0.15, 0.2) is 12.1 Å². The highest BCUT2D eigenvalue weighted by Crippen LogP contribution is 2.55. The second-order valence-corrected chi connectivity index (χ2v) is 8.11. The molecule has 2 aromatic carbocycles. The molecule has 7 heteroatoms. The molecular formula is C25H32O7. The maximum Gasteiger partial charge on any atom is 0.308 e.